The number of aromatic nitrogens is 2. The Bertz CT molecular complexity index is 2650. The number of nitrogens with zero attached hydrogens (tertiary/aromatic N) is 4. The first-order valence-electron chi connectivity index (χ1n) is 22.1. The summed E-state index contributed by atoms with van der Waals surface area (Å²) in [5, 5.41) is 0. The van der Waals surface area contributed by atoms with E-state index in [0.717, 1.165) is 31.6 Å². The molecule has 4 nitrogen and oxygen atoms in total. The summed E-state index contributed by atoms with van der Waals surface area (Å²) in [6, 6.07) is 51.9. The van der Waals surface area contributed by atoms with Crippen molar-refractivity contribution >= 4 is 22.6 Å². The molecule has 2 aliphatic rings. The molecular weight excluding hydrogens is 729 g/mol. The van der Waals surface area contributed by atoms with E-state index in [0.29, 0.717) is 17.8 Å². The van der Waals surface area contributed by atoms with Gasteiger partial charge in [-0.1, -0.05) is 162 Å². The zero-order valence-corrected chi connectivity index (χ0v) is 36.4. The first kappa shape index (κ1) is 39.3. The zero-order chi connectivity index (χ0) is 41.5. The van der Waals surface area contributed by atoms with E-state index in [1.807, 2.05) is 6.20 Å². The fourth-order valence-corrected chi connectivity index (χ4v) is 10.2. The third-order valence-corrected chi connectivity index (χ3v) is 13.2. The number of fused-ring (bicyclic) bond motifs is 6. The van der Waals surface area contributed by atoms with Crippen molar-refractivity contribution in [2.75, 3.05) is 16.3 Å². The highest BCUT2D eigenvalue weighted by Gasteiger charge is 2.41. The van der Waals surface area contributed by atoms with Crippen LogP contribution in [-0.4, -0.2) is 22.3 Å². The lowest BCUT2D eigenvalue weighted by atomic mass is 9.82. The maximum absolute atomic E-state index is 5.14. The molecule has 0 radical (unpaired) electrons. The van der Waals surface area contributed by atoms with Gasteiger partial charge >= 0.3 is 0 Å². The van der Waals surface area contributed by atoms with Crippen LogP contribution in [0.4, 0.5) is 11.4 Å². The molecule has 0 saturated carbocycles. The van der Waals surface area contributed by atoms with Crippen molar-refractivity contribution in [1.29, 1.82) is 0 Å². The molecule has 0 bridgehead atoms. The molecule has 9 rings (SSSR count). The third kappa shape index (κ3) is 6.86. The SMILES string of the molecule is CCC(CCC1N(c2ccccc2)CC(c2ccccc2C)=C2c3ccccc3-c3cccc(C)c3N21)c1ccccc1-c1nccn1-c1c(C(C)C)cccc1C(C)C. The summed E-state index contributed by atoms with van der Waals surface area (Å²) < 4.78 is 2.38. The summed E-state index contributed by atoms with van der Waals surface area (Å²) in [6.45, 7) is 17.0. The maximum atomic E-state index is 5.14. The quantitative estimate of drug-likeness (QED) is 0.131. The minimum Gasteiger partial charge on any atom is -0.346 e. The molecule has 1 aromatic heterocycles. The smallest absolute Gasteiger partial charge is 0.144 e. The summed E-state index contributed by atoms with van der Waals surface area (Å²) in [7, 11) is 0. The molecule has 2 unspecified atom stereocenters. The van der Waals surface area contributed by atoms with Gasteiger partial charge in [0.05, 0.1) is 17.1 Å². The fourth-order valence-electron chi connectivity index (χ4n) is 10.2. The standard InChI is InChI=1S/C56H58N4/c1-8-41(46-25-14-17-28-50(46)56-57-34-35-58(56)54-43(37(2)3)29-19-30-44(54)38(4)5)32-33-52-59(42-22-10-9-11-23-42)36-51(45-24-13-12-20-39(45)6)55-49-27-16-15-26-47(49)48-31-18-21-40(7)53(48)60(52)55/h9-31,34-35,37-38,41,52H,8,32-33,36H2,1-7H3. The van der Waals surface area contributed by atoms with Gasteiger partial charge in [0.15, 0.2) is 0 Å². The second kappa shape index (κ2) is 16.5. The highest BCUT2D eigenvalue weighted by Crippen LogP contribution is 2.53. The Hall–Kier alpha value is -6.13. The first-order valence-corrected chi connectivity index (χ1v) is 22.1. The van der Waals surface area contributed by atoms with Gasteiger partial charge in [-0.25, -0.2) is 4.98 Å². The van der Waals surface area contributed by atoms with Crippen LogP contribution in [0.25, 0.3) is 39.5 Å². The van der Waals surface area contributed by atoms with Gasteiger partial charge in [-0.3, -0.25) is 4.57 Å². The number of hydrogen-bond acceptors (Lipinski definition) is 3. The summed E-state index contributed by atoms with van der Waals surface area (Å²) in [4.78, 5) is 10.6. The van der Waals surface area contributed by atoms with Crippen LogP contribution in [-0.2, 0) is 0 Å². The Morgan fingerprint density at radius 2 is 1.17 bits per heavy atom. The fraction of sp³-hybridized carbons (Fsp3) is 0.268. The van der Waals surface area contributed by atoms with Gasteiger partial charge in [0.25, 0.3) is 0 Å². The molecule has 0 amide bonds. The molecule has 60 heavy (non-hydrogen) atoms. The van der Waals surface area contributed by atoms with E-state index in [9.17, 15) is 0 Å². The lowest BCUT2D eigenvalue weighted by molar-refractivity contribution is 0.492. The number of imidazole rings is 1. The Balaban J connectivity index is 1.18. The average Bonchev–Trinajstić information content (AvgIpc) is 3.76. The van der Waals surface area contributed by atoms with Crippen LogP contribution in [0.1, 0.15) is 111 Å². The lowest BCUT2D eigenvalue weighted by Gasteiger charge is -2.51. The number of para-hydroxylation sites is 3. The largest absolute Gasteiger partial charge is 0.346 e. The van der Waals surface area contributed by atoms with Crippen molar-refractivity contribution in [2.45, 2.75) is 91.6 Å². The van der Waals surface area contributed by atoms with Crippen molar-refractivity contribution in [3.63, 3.8) is 0 Å². The summed E-state index contributed by atoms with van der Waals surface area (Å²) in [6.07, 6.45) is 7.28. The second-order valence-corrected chi connectivity index (χ2v) is 17.5. The van der Waals surface area contributed by atoms with Gasteiger partial charge in [0.2, 0.25) is 0 Å². The number of anilines is 2. The van der Waals surface area contributed by atoms with E-state index in [4.69, 9.17) is 4.98 Å². The van der Waals surface area contributed by atoms with E-state index >= 15 is 0 Å². The van der Waals surface area contributed by atoms with E-state index in [2.05, 4.69) is 209 Å². The molecule has 6 aromatic carbocycles. The van der Waals surface area contributed by atoms with E-state index < -0.39 is 0 Å². The van der Waals surface area contributed by atoms with E-state index in [1.54, 1.807) is 0 Å². The summed E-state index contributed by atoms with van der Waals surface area (Å²) in [5.41, 5.74) is 19.8. The van der Waals surface area contributed by atoms with Crippen molar-refractivity contribution in [3.05, 3.63) is 191 Å². The highest BCUT2D eigenvalue weighted by molar-refractivity contribution is 6.10. The van der Waals surface area contributed by atoms with Crippen molar-refractivity contribution in [2.24, 2.45) is 0 Å². The van der Waals surface area contributed by atoms with Crippen LogP contribution in [0.3, 0.4) is 0 Å². The molecule has 0 spiro atoms. The van der Waals surface area contributed by atoms with Gasteiger partial charge in [-0.2, -0.15) is 0 Å². The van der Waals surface area contributed by atoms with Gasteiger partial charge < -0.3 is 9.80 Å². The number of aryl methyl sites for hydroxylation is 2. The van der Waals surface area contributed by atoms with Crippen LogP contribution >= 0.6 is 0 Å². The highest BCUT2D eigenvalue weighted by atomic mass is 15.4. The molecule has 3 heterocycles. The van der Waals surface area contributed by atoms with Gasteiger partial charge in [0.1, 0.15) is 12.0 Å². The molecule has 0 aliphatic carbocycles. The molecule has 4 heteroatoms. The Kier molecular flexibility index (Phi) is 10.8. The van der Waals surface area contributed by atoms with Crippen LogP contribution in [0, 0.1) is 13.8 Å². The molecule has 7 aromatic rings. The lowest BCUT2D eigenvalue weighted by Crippen LogP contribution is -2.53. The number of hydrogen-bond donors (Lipinski definition) is 0. The molecule has 0 saturated heterocycles. The van der Waals surface area contributed by atoms with Gasteiger partial charge in [-0.05, 0) is 102 Å². The predicted octanol–water partition coefficient (Wildman–Crippen LogP) is 14.6. The second-order valence-electron chi connectivity index (χ2n) is 17.5. The maximum Gasteiger partial charge on any atom is 0.144 e. The Morgan fingerprint density at radius 3 is 1.87 bits per heavy atom. The van der Waals surface area contributed by atoms with Crippen molar-refractivity contribution < 1.29 is 0 Å². The Morgan fingerprint density at radius 1 is 0.583 bits per heavy atom. The van der Waals surface area contributed by atoms with Gasteiger partial charge in [-0.15, -0.1) is 0 Å². The predicted molar refractivity (Wildman–Crippen MR) is 254 cm³/mol. The number of rotatable bonds is 11. The normalized spacial score (nSPS) is 15.3. The molecular formula is C56H58N4. The first-order chi connectivity index (χ1) is 29.3. The van der Waals surface area contributed by atoms with Gasteiger partial charge in [0, 0.05) is 46.9 Å². The van der Waals surface area contributed by atoms with Crippen LogP contribution in [0.5, 0.6) is 0 Å². The molecule has 2 atom stereocenters. The zero-order valence-electron chi connectivity index (χ0n) is 36.4. The van der Waals surface area contributed by atoms with Crippen LogP contribution in [0.15, 0.2) is 152 Å². The van der Waals surface area contributed by atoms with E-state index in [1.165, 1.54) is 84.0 Å². The molecule has 302 valence electrons. The molecule has 0 N–H and O–H groups in total. The summed E-state index contributed by atoms with van der Waals surface area (Å²) >= 11 is 0. The Labute approximate surface area is 357 Å². The van der Waals surface area contributed by atoms with Crippen molar-refractivity contribution in [1.82, 2.24) is 9.55 Å². The van der Waals surface area contributed by atoms with Crippen LogP contribution in [0.2, 0.25) is 0 Å². The monoisotopic (exact) mass is 786 g/mol. The minimum absolute atomic E-state index is 0.0816. The van der Waals surface area contributed by atoms with Crippen molar-refractivity contribution in [3.8, 4) is 28.2 Å². The van der Waals surface area contributed by atoms with Crippen LogP contribution < -0.4 is 9.80 Å². The minimum atomic E-state index is 0.0816. The third-order valence-electron chi connectivity index (χ3n) is 13.2. The molecule has 0 fully saturated rings. The summed E-state index contributed by atoms with van der Waals surface area (Å²) in [5.74, 6) is 2.12. The number of benzene rings is 6. The average molecular weight is 787 g/mol. The molecule has 2 aliphatic heterocycles. The topological polar surface area (TPSA) is 24.3 Å². The van der Waals surface area contributed by atoms with E-state index in [-0.39, 0.29) is 6.17 Å².